The van der Waals surface area contributed by atoms with Gasteiger partial charge in [-0.15, -0.1) is 22.0 Å². The van der Waals surface area contributed by atoms with Crippen LogP contribution in [0.5, 0.6) is 0 Å². The van der Waals surface area contributed by atoms with Gasteiger partial charge in [0.05, 0.1) is 11.5 Å². The molecular formula is C21H21BrCl2N4OS2. The number of hydrogen-bond acceptors (Lipinski definition) is 5. The monoisotopic (exact) mass is 558 g/mol. The minimum Gasteiger partial charge on any atom is -0.325 e. The second kappa shape index (κ2) is 11.6. The number of halogens is 3. The summed E-state index contributed by atoms with van der Waals surface area (Å²) in [6.07, 6.45) is 0. The van der Waals surface area contributed by atoms with Crippen LogP contribution < -0.4 is 5.32 Å². The normalized spacial score (nSPS) is 11.0. The van der Waals surface area contributed by atoms with Crippen molar-refractivity contribution in [1.82, 2.24) is 14.8 Å². The number of aryl methyl sites for hydroxylation is 1. The van der Waals surface area contributed by atoms with Gasteiger partial charge in [-0.25, -0.2) is 0 Å². The number of thioether (sulfide) groups is 2. The van der Waals surface area contributed by atoms with Crippen molar-refractivity contribution >= 4 is 74.3 Å². The topological polar surface area (TPSA) is 59.8 Å². The van der Waals surface area contributed by atoms with Crippen molar-refractivity contribution in [3.05, 3.63) is 67.9 Å². The second-order valence-electron chi connectivity index (χ2n) is 6.67. The van der Waals surface area contributed by atoms with Gasteiger partial charge < -0.3 is 9.88 Å². The minimum atomic E-state index is -0.0746. The zero-order valence-corrected chi connectivity index (χ0v) is 21.7. The molecule has 1 aromatic heterocycles. The largest absolute Gasteiger partial charge is 0.325 e. The van der Waals surface area contributed by atoms with Gasteiger partial charge in [0.25, 0.3) is 0 Å². The SMILES string of the molecule is CCn1c(CSCc2ccc(Cl)cc2Cl)nnc1SCC(=O)Nc1ccc(Br)cc1C. The molecule has 3 aromatic rings. The lowest BCUT2D eigenvalue weighted by molar-refractivity contribution is -0.113. The molecule has 0 saturated carbocycles. The Hall–Kier alpha value is -1.19. The van der Waals surface area contributed by atoms with Crippen LogP contribution in [0, 0.1) is 6.92 Å². The molecule has 5 nitrogen and oxygen atoms in total. The summed E-state index contributed by atoms with van der Waals surface area (Å²) in [4.78, 5) is 12.4. The number of carbonyl (C=O) groups excluding carboxylic acids is 1. The van der Waals surface area contributed by atoms with Gasteiger partial charge in [-0.1, -0.05) is 57.0 Å². The van der Waals surface area contributed by atoms with Gasteiger partial charge in [-0.2, -0.15) is 0 Å². The average molecular weight is 560 g/mol. The van der Waals surface area contributed by atoms with Crippen LogP contribution in [0.25, 0.3) is 0 Å². The van der Waals surface area contributed by atoms with Gasteiger partial charge in [-0.3, -0.25) is 4.79 Å². The lowest BCUT2D eigenvalue weighted by Gasteiger charge is -2.10. The van der Waals surface area contributed by atoms with Crippen LogP contribution in [0.1, 0.15) is 23.9 Å². The molecule has 0 bridgehead atoms. The smallest absolute Gasteiger partial charge is 0.234 e. The van der Waals surface area contributed by atoms with Gasteiger partial charge in [0, 0.05) is 32.5 Å². The van der Waals surface area contributed by atoms with Crippen molar-refractivity contribution < 1.29 is 4.79 Å². The quantitative estimate of drug-likeness (QED) is 0.291. The average Bonchev–Trinajstić information content (AvgIpc) is 3.12. The highest BCUT2D eigenvalue weighted by Gasteiger charge is 2.14. The van der Waals surface area contributed by atoms with E-state index in [1.807, 2.05) is 48.7 Å². The number of nitrogens with one attached hydrogen (secondary N) is 1. The molecule has 0 aliphatic heterocycles. The van der Waals surface area contributed by atoms with E-state index < -0.39 is 0 Å². The summed E-state index contributed by atoms with van der Waals surface area (Å²) in [5.74, 6) is 2.52. The molecule has 0 aliphatic carbocycles. The lowest BCUT2D eigenvalue weighted by Crippen LogP contribution is -2.15. The summed E-state index contributed by atoms with van der Waals surface area (Å²) in [7, 11) is 0. The number of amides is 1. The van der Waals surface area contributed by atoms with Crippen molar-refractivity contribution in [1.29, 1.82) is 0 Å². The van der Waals surface area contributed by atoms with Crippen molar-refractivity contribution in [2.45, 2.75) is 37.1 Å². The molecule has 0 unspecified atom stereocenters. The van der Waals surface area contributed by atoms with Gasteiger partial charge >= 0.3 is 0 Å². The van der Waals surface area contributed by atoms with E-state index in [4.69, 9.17) is 23.2 Å². The highest BCUT2D eigenvalue weighted by atomic mass is 79.9. The third kappa shape index (κ3) is 6.89. The fourth-order valence-electron chi connectivity index (χ4n) is 2.82. The summed E-state index contributed by atoms with van der Waals surface area (Å²) in [5, 5.41) is 13.6. The van der Waals surface area contributed by atoms with E-state index in [1.54, 1.807) is 17.8 Å². The Labute approximate surface area is 208 Å². The third-order valence-corrected chi connectivity index (χ3v) is 7.43. The van der Waals surface area contributed by atoms with Crippen LogP contribution in [-0.4, -0.2) is 26.4 Å². The Bertz CT molecular complexity index is 1080. The van der Waals surface area contributed by atoms with E-state index >= 15 is 0 Å². The molecule has 31 heavy (non-hydrogen) atoms. The summed E-state index contributed by atoms with van der Waals surface area (Å²) < 4.78 is 3.02. The standard InChI is InChI=1S/C21H21BrCl2N4OS2/c1-3-28-19(11-30-10-14-4-6-16(23)9-17(14)24)26-27-21(28)31-12-20(29)25-18-7-5-15(22)8-13(18)2/h4-9H,3,10-12H2,1-2H3,(H,25,29). The van der Waals surface area contributed by atoms with Crippen molar-refractivity contribution in [3.63, 3.8) is 0 Å². The van der Waals surface area contributed by atoms with Crippen LogP contribution in [0.2, 0.25) is 10.0 Å². The summed E-state index contributed by atoms with van der Waals surface area (Å²) in [5.41, 5.74) is 2.85. The highest BCUT2D eigenvalue weighted by Crippen LogP contribution is 2.27. The third-order valence-electron chi connectivity index (χ3n) is 4.41. The molecule has 0 spiro atoms. The predicted octanol–water partition coefficient (Wildman–Crippen LogP) is 6.84. The van der Waals surface area contributed by atoms with Crippen LogP contribution in [0.3, 0.4) is 0 Å². The first-order chi connectivity index (χ1) is 14.9. The van der Waals surface area contributed by atoms with Gasteiger partial charge in [0.15, 0.2) is 5.16 Å². The van der Waals surface area contributed by atoms with Gasteiger partial charge in [-0.05, 0) is 55.3 Å². The van der Waals surface area contributed by atoms with Gasteiger partial charge in [0.2, 0.25) is 5.91 Å². The van der Waals surface area contributed by atoms with E-state index in [-0.39, 0.29) is 11.7 Å². The number of hydrogen-bond donors (Lipinski definition) is 1. The Morgan fingerprint density at radius 3 is 2.68 bits per heavy atom. The predicted molar refractivity (Wildman–Crippen MR) is 135 cm³/mol. The van der Waals surface area contributed by atoms with E-state index in [0.29, 0.717) is 15.8 Å². The van der Waals surface area contributed by atoms with E-state index in [9.17, 15) is 4.79 Å². The van der Waals surface area contributed by atoms with Crippen LogP contribution in [0.15, 0.2) is 46.0 Å². The Kier molecular flexibility index (Phi) is 9.16. The molecule has 0 radical (unpaired) electrons. The number of rotatable bonds is 9. The maximum absolute atomic E-state index is 12.4. The van der Waals surface area contributed by atoms with E-state index in [2.05, 4.69) is 31.4 Å². The number of nitrogens with zero attached hydrogens (tertiary/aromatic N) is 3. The molecule has 164 valence electrons. The Morgan fingerprint density at radius 1 is 1.16 bits per heavy atom. The van der Waals surface area contributed by atoms with Crippen molar-refractivity contribution in [2.75, 3.05) is 11.1 Å². The van der Waals surface area contributed by atoms with Crippen molar-refractivity contribution in [2.24, 2.45) is 0 Å². The minimum absolute atomic E-state index is 0.0746. The molecule has 0 fully saturated rings. The fourth-order valence-corrected chi connectivity index (χ4v) is 5.65. The number of aromatic nitrogens is 3. The molecule has 10 heteroatoms. The molecule has 2 aromatic carbocycles. The Morgan fingerprint density at radius 2 is 1.97 bits per heavy atom. The van der Waals surface area contributed by atoms with Crippen molar-refractivity contribution in [3.8, 4) is 0 Å². The van der Waals surface area contributed by atoms with Crippen LogP contribution in [-0.2, 0) is 22.8 Å². The first-order valence-corrected chi connectivity index (χ1v) is 13.2. The molecular weight excluding hydrogens is 539 g/mol. The maximum atomic E-state index is 12.4. The molecule has 3 rings (SSSR count). The number of carbonyl (C=O) groups is 1. The lowest BCUT2D eigenvalue weighted by atomic mass is 10.2. The second-order valence-corrected chi connectivity index (χ2v) is 10.4. The molecule has 0 atom stereocenters. The van der Waals surface area contributed by atoms with E-state index in [1.165, 1.54) is 11.8 Å². The molecule has 1 amide bonds. The van der Waals surface area contributed by atoms with Crippen LogP contribution >= 0.6 is 62.7 Å². The fraction of sp³-hybridized carbons (Fsp3) is 0.286. The first-order valence-electron chi connectivity index (χ1n) is 9.50. The highest BCUT2D eigenvalue weighted by molar-refractivity contribution is 9.10. The summed E-state index contributed by atoms with van der Waals surface area (Å²) in [6, 6.07) is 11.3. The van der Waals surface area contributed by atoms with Gasteiger partial charge in [0.1, 0.15) is 5.82 Å². The molecule has 0 aliphatic rings. The first kappa shape index (κ1) is 24.5. The molecule has 0 saturated heterocycles. The number of anilines is 1. The molecule has 1 N–H and O–H groups in total. The maximum Gasteiger partial charge on any atom is 0.234 e. The zero-order chi connectivity index (χ0) is 22.4. The molecule has 1 heterocycles. The summed E-state index contributed by atoms with van der Waals surface area (Å²) >= 11 is 18.7. The van der Waals surface area contributed by atoms with Crippen LogP contribution in [0.4, 0.5) is 5.69 Å². The Balaban J connectivity index is 1.54. The number of benzene rings is 2. The summed E-state index contributed by atoms with van der Waals surface area (Å²) in [6.45, 7) is 4.74. The zero-order valence-electron chi connectivity index (χ0n) is 17.0. The van der Waals surface area contributed by atoms with E-state index in [0.717, 1.165) is 44.6 Å².